The minimum Gasteiger partial charge on any atom is -0.479 e. The summed E-state index contributed by atoms with van der Waals surface area (Å²) in [7, 11) is 0. The molecule has 1 unspecified atom stereocenters. The first-order valence-corrected chi connectivity index (χ1v) is 6.25. The van der Waals surface area contributed by atoms with Gasteiger partial charge in [0.1, 0.15) is 11.2 Å². The van der Waals surface area contributed by atoms with E-state index in [9.17, 15) is 14.7 Å². The standard InChI is InChI=1S/C13H21NO6/c1-5-13(18)7-14(11(17)20-12(2,3)4)6-9(10(15)16)19-8-13/h5,9,18H,1,6-8H2,2-4H3,(H,15,16)/t9-,13?/m0/s1. The van der Waals surface area contributed by atoms with Crippen molar-refractivity contribution in [2.45, 2.75) is 38.1 Å². The van der Waals surface area contributed by atoms with Crippen LogP contribution in [-0.2, 0) is 14.3 Å². The van der Waals surface area contributed by atoms with E-state index in [2.05, 4.69) is 6.58 Å². The predicted molar refractivity (Wildman–Crippen MR) is 70.3 cm³/mol. The number of carbonyl (C=O) groups excluding carboxylic acids is 1. The minimum absolute atomic E-state index is 0.130. The molecule has 0 spiro atoms. The zero-order chi connectivity index (χ0) is 15.6. The van der Waals surface area contributed by atoms with Crippen molar-refractivity contribution in [1.29, 1.82) is 0 Å². The number of carboxylic acids is 1. The molecule has 1 fully saturated rings. The van der Waals surface area contributed by atoms with Gasteiger partial charge in [-0.3, -0.25) is 0 Å². The van der Waals surface area contributed by atoms with E-state index in [1.807, 2.05) is 0 Å². The number of carbonyl (C=O) groups is 2. The first-order chi connectivity index (χ1) is 9.06. The summed E-state index contributed by atoms with van der Waals surface area (Å²) in [6, 6.07) is 0. The number of carboxylic acid groups (broad SMARTS) is 1. The second-order valence-corrected chi connectivity index (χ2v) is 5.81. The lowest BCUT2D eigenvalue weighted by molar-refractivity contribution is -0.151. The number of ether oxygens (including phenoxy) is 2. The number of nitrogens with zero attached hydrogens (tertiary/aromatic N) is 1. The van der Waals surface area contributed by atoms with Gasteiger partial charge in [0.05, 0.1) is 19.7 Å². The Labute approximate surface area is 117 Å². The van der Waals surface area contributed by atoms with Crippen LogP contribution in [0.1, 0.15) is 20.8 Å². The van der Waals surface area contributed by atoms with Crippen molar-refractivity contribution < 1.29 is 29.3 Å². The number of β-amino-alcohol motifs (C(OH)–C–C–N with tert-alkyl or cyclic N) is 1. The summed E-state index contributed by atoms with van der Waals surface area (Å²) in [5, 5.41) is 19.2. The lowest BCUT2D eigenvalue weighted by Crippen LogP contribution is -2.47. The van der Waals surface area contributed by atoms with E-state index in [-0.39, 0.29) is 19.7 Å². The van der Waals surface area contributed by atoms with E-state index in [0.717, 1.165) is 4.90 Å². The molecule has 1 heterocycles. The van der Waals surface area contributed by atoms with Gasteiger partial charge >= 0.3 is 12.1 Å². The van der Waals surface area contributed by atoms with E-state index in [4.69, 9.17) is 14.6 Å². The Kier molecular flexibility index (Phi) is 4.77. The van der Waals surface area contributed by atoms with E-state index in [1.165, 1.54) is 6.08 Å². The molecule has 1 rings (SSSR count). The number of hydrogen-bond donors (Lipinski definition) is 2. The van der Waals surface area contributed by atoms with E-state index < -0.39 is 29.4 Å². The molecule has 7 heteroatoms. The van der Waals surface area contributed by atoms with Gasteiger partial charge in [0.2, 0.25) is 0 Å². The number of aliphatic carboxylic acids is 1. The lowest BCUT2D eigenvalue weighted by Gasteiger charge is -2.30. The third-order valence-electron chi connectivity index (χ3n) is 2.69. The molecular formula is C13H21NO6. The molecule has 1 aliphatic heterocycles. The van der Waals surface area contributed by atoms with Crippen LogP contribution in [0.2, 0.25) is 0 Å². The average molecular weight is 287 g/mol. The van der Waals surface area contributed by atoms with Crippen molar-refractivity contribution in [3.8, 4) is 0 Å². The monoisotopic (exact) mass is 287 g/mol. The molecule has 0 aromatic carbocycles. The van der Waals surface area contributed by atoms with Gasteiger partial charge in [0, 0.05) is 0 Å². The molecule has 1 aliphatic rings. The molecule has 7 nitrogen and oxygen atoms in total. The van der Waals surface area contributed by atoms with Crippen LogP contribution < -0.4 is 0 Å². The highest BCUT2D eigenvalue weighted by Crippen LogP contribution is 2.19. The maximum absolute atomic E-state index is 12.0. The van der Waals surface area contributed by atoms with Crippen molar-refractivity contribution in [3.63, 3.8) is 0 Å². The Bertz CT molecular complexity index is 402. The average Bonchev–Trinajstić information content (AvgIpc) is 2.47. The van der Waals surface area contributed by atoms with Crippen LogP contribution in [0.25, 0.3) is 0 Å². The Hall–Kier alpha value is -1.60. The van der Waals surface area contributed by atoms with E-state index in [0.29, 0.717) is 0 Å². The van der Waals surface area contributed by atoms with Gasteiger partial charge in [0.25, 0.3) is 0 Å². The van der Waals surface area contributed by atoms with Crippen LogP contribution in [0.3, 0.4) is 0 Å². The highest BCUT2D eigenvalue weighted by molar-refractivity contribution is 5.75. The quantitative estimate of drug-likeness (QED) is 0.723. The van der Waals surface area contributed by atoms with Crippen LogP contribution in [0.15, 0.2) is 12.7 Å². The van der Waals surface area contributed by atoms with Crippen LogP contribution in [0.4, 0.5) is 4.79 Å². The maximum atomic E-state index is 12.0. The summed E-state index contributed by atoms with van der Waals surface area (Å²) in [4.78, 5) is 24.2. The van der Waals surface area contributed by atoms with E-state index >= 15 is 0 Å². The van der Waals surface area contributed by atoms with Crippen LogP contribution in [0.5, 0.6) is 0 Å². The third-order valence-corrected chi connectivity index (χ3v) is 2.69. The summed E-state index contributed by atoms with van der Waals surface area (Å²) >= 11 is 0. The van der Waals surface area contributed by atoms with Gasteiger partial charge in [0.15, 0.2) is 6.10 Å². The molecule has 114 valence electrons. The molecular weight excluding hydrogens is 266 g/mol. The second kappa shape index (κ2) is 5.80. The third kappa shape index (κ3) is 4.50. The highest BCUT2D eigenvalue weighted by atomic mass is 16.6. The number of aliphatic hydroxyl groups is 1. The summed E-state index contributed by atoms with van der Waals surface area (Å²) in [6.45, 7) is 8.02. The van der Waals surface area contributed by atoms with E-state index in [1.54, 1.807) is 20.8 Å². The smallest absolute Gasteiger partial charge is 0.410 e. The number of amides is 1. The molecule has 20 heavy (non-hydrogen) atoms. The second-order valence-electron chi connectivity index (χ2n) is 5.81. The Morgan fingerprint density at radius 1 is 1.50 bits per heavy atom. The van der Waals surface area contributed by atoms with Crippen molar-refractivity contribution in [3.05, 3.63) is 12.7 Å². The topological polar surface area (TPSA) is 96.3 Å². The highest BCUT2D eigenvalue weighted by Gasteiger charge is 2.38. The van der Waals surface area contributed by atoms with Crippen molar-refractivity contribution >= 4 is 12.1 Å². The normalized spacial score (nSPS) is 27.6. The maximum Gasteiger partial charge on any atom is 0.410 e. The van der Waals surface area contributed by atoms with Gasteiger partial charge in [-0.25, -0.2) is 9.59 Å². The van der Waals surface area contributed by atoms with Gasteiger partial charge in [-0.2, -0.15) is 0 Å². The first-order valence-electron chi connectivity index (χ1n) is 6.25. The van der Waals surface area contributed by atoms with Crippen LogP contribution in [0, 0.1) is 0 Å². The molecule has 0 bridgehead atoms. The number of rotatable bonds is 2. The molecule has 0 aromatic heterocycles. The molecule has 2 N–H and O–H groups in total. The first kappa shape index (κ1) is 16.5. The molecule has 0 aromatic rings. The van der Waals surface area contributed by atoms with Gasteiger partial charge in [-0.1, -0.05) is 6.08 Å². The molecule has 0 saturated carbocycles. The SMILES string of the molecule is C=CC1(O)CO[C@H](C(=O)O)CN(C(=O)OC(C)(C)C)C1. The Balaban J connectivity index is 2.92. The fourth-order valence-corrected chi connectivity index (χ4v) is 1.68. The summed E-state index contributed by atoms with van der Waals surface area (Å²) in [5.41, 5.74) is -2.21. The molecule has 2 atom stereocenters. The fraction of sp³-hybridized carbons (Fsp3) is 0.692. The lowest BCUT2D eigenvalue weighted by atomic mass is 10.1. The van der Waals surface area contributed by atoms with Crippen LogP contribution in [-0.4, -0.2) is 64.2 Å². The summed E-state index contributed by atoms with van der Waals surface area (Å²) < 4.78 is 10.3. The van der Waals surface area contributed by atoms with Crippen molar-refractivity contribution in [2.24, 2.45) is 0 Å². The number of hydrogen-bond acceptors (Lipinski definition) is 5. The molecule has 0 radical (unpaired) electrons. The van der Waals surface area contributed by atoms with Gasteiger partial charge < -0.3 is 24.6 Å². The molecule has 0 aliphatic carbocycles. The Morgan fingerprint density at radius 2 is 2.10 bits per heavy atom. The zero-order valence-electron chi connectivity index (χ0n) is 12.0. The van der Waals surface area contributed by atoms with Crippen molar-refractivity contribution in [1.82, 2.24) is 4.90 Å². The van der Waals surface area contributed by atoms with Gasteiger partial charge in [-0.05, 0) is 20.8 Å². The summed E-state index contributed by atoms with van der Waals surface area (Å²) in [5.74, 6) is -1.20. The van der Waals surface area contributed by atoms with Crippen LogP contribution >= 0.6 is 0 Å². The predicted octanol–water partition coefficient (Wildman–Crippen LogP) is 0.624. The zero-order valence-corrected chi connectivity index (χ0v) is 12.0. The van der Waals surface area contributed by atoms with Gasteiger partial charge in [-0.15, -0.1) is 6.58 Å². The molecule has 1 amide bonds. The molecule has 1 saturated heterocycles. The summed E-state index contributed by atoms with van der Waals surface area (Å²) in [6.07, 6.45) is -0.680. The Morgan fingerprint density at radius 3 is 2.55 bits per heavy atom. The minimum atomic E-state index is -1.50. The van der Waals surface area contributed by atoms with Crippen molar-refractivity contribution in [2.75, 3.05) is 19.7 Å². The fourth-order valence-electron chi connectivity index (χ4n) is 1.68. The largest absolute Gasteiger partial charge is 0.479 e.